The lowest BCUT2D eigenvalue weighted by molar-refractivity contribution is -0.133. The molecule has 2 heteroatoms. The van der Waals surface area contributed by atoms with Crippen molar-refractivity contribution in [2.75, 3.05) is 13.6 Å². The second-order valence-electron chi connectivity index (χ2n) is 6.00. The maximum Gasteiger partial charge on any atom is 0.225 e. The smallest absolute Gasteiger partial charge is 0.225 e. The van der Waals surface area contributed by atoms with E-state index in [0.29, 0.717) is 5.92 Å². The molecule has 0 heterocycles. The topological polar surface area (TPSA) is 20.3 Å². The van der Waals surface area contributed by atoms with Crippen molar-refractivity contribution >= 4 is 5.91 Å². The Hall–Kier alpha value is -1.05. The van der Waals surface area contributed by atoms with Crippen LogP contribution in [-0.4, -0.2) is 24.4 Å². The van der Waals surface area contributed by atoms with E-state index >= 15 is 0 Å². The van der Waals surface area contributed by atoms with Gasteiger partial charge in [-0.05, 0) is 45.4 Å². The van der Waals surface area contributed by atoms with Gasteiger partial charge in [0.25, 0.3) is 0 Å². The molecule has 2 unspecified atom stereocenters. The van der Waals surface area contributed by atoms with E-state index in [2.05, 4.69) is 32.9 Å². The third kappa shape index (κ3) is 4.85. The van der Waals surface area contributed by atoms with E-state index in [9.17, 15) is 4.79 Å². The van der Waals surface area contributed by atoms with Gasteiger partial charge in [0.2, 0.25) is 5.91 Å². The number of rotatable bonds is 5. The summed E-state index contributed by atoms with van der Waals surface area (Å²) in [5, 5.41) is 0. The highest BCUT2D eigenvalue weighted by Crippen LogP contribution is 2.28. The molecule has 0 aliphatic heterocycles. The summed E-state index contributed by atoms with van der Waals surface area (Å²) in [5.41, 5.74) is 2.96. The Balaban J connectivity index is 2.49. The van der Waals surface area contributed by atoms with E-state index in [1.165, 1.54) is 24.0 Å². The lowest BCUT2D eigenvalue weighted by Crippen LogP contribution is -2.31. The lowest BCUT2D eigenvalue weighted by atomic mass is 9.85. The van der Waals surface area contributed by atoms with Crippen LogP contribution in [0.2, 0.25) is 0 Å². The van der Waals surface area contributed by atoms with Crippen LogP contribution in [0.3, 0.4) is 0 Å². The Bertz CT molecular complexity index is 367. The number of carbonyl (C=O) groups is 1. The molecule has 0 radical (unpaired) electrons. The molecule has 108 valence electrons. The van der Waals surface area contributed by atoms with Crippen LogP contribution in [0.1, 0.15) is 53.4 Å². The molecule has 0 aromatic rings. The highest BCUT2D eigenvalue weighted by atomic mass is 16.2. The minimum atomic E-state index is 0.138. The Kier molecular flexibility index (Phi) is 6.33. The fourth-order valence-corrected chi connectivity index (χ4v) is 2.47. The van der Waals surface area contributed by atoms with E-state index in [1.807, 2.05) is 18.9 Å². The minimum absolute atomic E-state index is 0.138. The highest BCUT2D eigenvalue weighted by molar-refractivity contribution is 5.78. The predicted molar refractivity (Wildman–Crippen MR) is 81.9 cm³/mol. The van der Waals surface area contributed by atoms with Gasteiger partial charge in [0, 0.05) is 19.5 Å². The zero-order valence-corrected chi connectivity index (χ0v) is 13.2. The number of amides is 1. The summed E-state index contributed by atoms with van der Waals surface area (Å²) in [5.74, 6) is 1.07. The fraction of sp³-hybridized carbons (Fsp3) is 0.706. The van der Waals surface area contributed by atoms with Crippen molar-refractivity contribution in [2.24, 2.45) is 11.8 Å². The van der Waals surface area contributed by atoms with Crippen molar-refractivity contribution in [3.63, 3.8) is 0 Å². The molecule has 1 rings (SSSR count). The molecule has 0 N–H and O–H groups in total. The maximum atomic E-state index is 12.0. The van der Waals surface area contributed by atoms with Crippen molar-refractivity contribution in [2.45, 2.75) is 53.4 Å². The molecule has 2 atom stereocenters. The first kappa shape index (κ1) is 16.0. The summed E-state index contributed by atoms with van der Waals surface area (Å²) in [6.45, 7) is 9.24. The Labute approximate surface area is 118 Å². The monoisotopic (exact) mass is 263 g/mol. The summed E-state index contributed by atoms with van der Waals surface area (Å²) in [7, 11) is 1.91. The maximum absolute atomic E-state index is 12.0. The zero-order chi connectivity index (χ0) is 14.4. The van der Waals surface area contributed by atoms with Crippen LogP contribution in [-0.2, 0) is 4.79 Å². The van der Waals surface area contributed by atoms with E-state index in [4.69, 9.17) is 0 Å². The number of hydrogen-bond acceptors (Lipinski definition) is 1. The second-order valence-corrected chi connectivity index (χ2v) is 6.00. The highest BCUT2D eigenvalue weighted by Gasteiger charge is 2.16. The van der Waals surface area contributed by atoms with Gasteiger partial charge in [0.15, 0.2) is 0 Å². The predicted octanol–water partition coefficient (Wildman–Crippen LogP) is 4.18. The second kappa shape index (κ2) is 7.52. The number of nitrogens with zero attached hydrogens (tertiary/aromatic N) is 1. The fourth-order valence-electron chi connectivity index (χ4n) is 2.47. The van der Waals surface area contributed by atoms with Crippen molar-refractivity contribution < 1.29 is 4.79 Å². The molecule has 19 heavy (non-hydrogen) atoms. The number of allylic oxidation sites excluding steroid dienone is 3. The molecule has 0 fully saturated rings. The minimum Gasteiger partial charge on any atom is -0.342 e. The molecule has 0 aromatic heterocycles. The molecular weight excluding hydrogens is 234 g/mol. The van der Waals surface area contributed by atoms with Gasteiger partial charge >= 0.3 is 0 Å². The quantitative estimate of drug-likeness (QED) is 0.681. The van der Waals surface area contributed by atoms with Crippen molar-refractivity contribution in [1.29, 1.82) is 0 Å². The molecule has 0 saturated carbocycles. The molecular formula is C17H29NO. The molecule has 0 aromatic carbocycles. The Morgan fingerprint density at radius 3 is 2.79 bits per heavy atom. The summed E-state index contributed by atoms with van der Waals surface area (Å²) in [4.78, 5) is 13.8. The van der Waals surface area contributed by atoms with Gasteiger partial charge in [-0.25, -0.2) is 0 Å². The molecule has 0 bridgehead atoms. The molecule has 1 aliphatic carbocycles. The largest absolute Gasteiger partial charge is 0.342 e. The van der Waals surface area contributed by atoms with E-state index in [1.54, 1.807) is 0 Å². The average Bonchev–Trinajstić information content (AvgIpc) is 2.43. The van der Waals surface area contributed by atoms with Crippen LogP contribution in [0.25, 0.3) is 0 Å². The standard InChI is InChI=1S/C17H29NO/c1-6-14(3)17(19)18(5)12-11-15(4)16-9-7-13(2)8-10-16/h7,11,14,16H,6,8-10,12H2,1-5H3/b15-11+. The Morgan fingerprint density at radius 2 is 2.26 bits per heavy atom. The number of likely N-dealkylation sites (N-methyl/N-ethyl adjacent to an activating group) is 1. The summed E-state index contributed by atoms with van der Waals surface area (Å²) in [6.07, 6.45) is 9.15. The molecule has 0 spiro atoms. The molecule has 1 amide bonds. The summed E-state index contributed by atoms with van der Waals surface area (Å²) >= 11 is 0. The Morgan fingerprint density at radius 1 is 1.58 bits per heavy atom. The van der Waals surface area contributed by atoms with Crippen LogP contribution in [0.15, 0.2) is 23.3 Å². The van der Waals surface area contributed by atoms with Gasteiger partial charge in [0.1, 0.15) is 0 Å². The van der Waals surface area contributed by atoms with E-state index in [0.717, 1.165) is 19.4 Å². The van der Waals surface area contributed by atoms with Gasteiger partial charge in [-0.1, -0.05) is 37.1 Å². The van der Waals surface area contributed by atoms with Crippen LogP contribution in [0.4, 0.5) is 0 Å². The van der Waals surface area contributed by atoms with Gasteiger partial charge in [-0.15, -0.1) is 0 Å². The van der Waals surface area contributed by atoms with Crippen molar-refractivity contribution in [3.8, 4) is 0 Å². The lowest BCUT2D eigenvalue weighted by Gasteiger charge is -2.23. The third-order valence-electron chi connectivity index (χ3n) is 4.38. The average molecular weight is 263 g/mol. The number of carbonyl (C=O) groups excluding carboxylic acids is 1. The van der Waals surface area contributed by atoms with E-state index < -0.39 is 0 Å². The van der Waals surface area contributed by atoms with Gasteiger partial charge in [-0.2, -0.15) is 0 Å². The van der Waals surface area contributed by atoms with Crippen molar-refractivity contribution in [3.05, 3.63) is 23.3 Å². The SMILES string of the molecule is CCC(C)C(=O)N(C)C/C=C(\C)C1CC=C(C)CC1. The van der Waals surface area contributed by atoms with Gasteiger partial charge in [0.05, 0.1) is 0 Å². The summed E-state index contributed by atoms with van der Waals surface area (Å²) < 4.78 is 0. The van der Waals surface area contributed by atoms with E-state index in [-0.39, 0.29) is 11.8 Å². The van der Waals surface area contributed by atoms with Gasteiger partial charge < -0.3 is 4.90 Å². The first-order valence-corrected chi connectivity index (χ1v) is 7.53. The van der Waals surface area contributed by atoms with Gasteiger partial charge in [-0.3, -0.25) is 4.79 Å². The number of hydrogen-bond donors (Lipinski definition) is 0. The third-order valence-corrected chi connectivity index (χ3v) is 4.38. The van der Waals surface area contributed by atoms with Crippen LogP contribution >= 0.6 is 0 Å². The zero-order valence-electron chi connectivity index (χ0n) is 13.2. The molecule has 0 saturated heterocycles. The van der Waals surface area contributed by atoms with Crippen LogP contribution in [0.5, 0.6) is 0 Å². The summed E-state index contributed by atoms with van der Waals surface area (Å²) in [6, 6.07) is 0. The normalized spacial score (nSPS) is 21.8. The molecule has 2 nitrogen and oxygen atoms in total. The first-order chi connectivity index (χ1) is 8.95. The van der Waals surface area contributed by atoms with Crippen LogP contribution in [0, 0.1) is 11.8 Å². The molecule has 1 aliphatic rings. The van der Waals surface area contributed by atoms with Crippen LogP contribution < -0.4 is 0 Å². The first-order valence-electron chi connectivity index (χ1n) is 7.53. The van der Waals surface area contributed by atoms with Crippen molar-refractivity contribution in [1.82, 2.24) is 4.90 Å².